The molecule has 1 aliphatic rings. The fraction of sp³-hybridized carbons (Fsp3) is 1.00. The first kappa shape index (κ1) is 15.0. The van der Waals surface area contributed by atoms with E-state index in [1.54, 1.807) is 0 Å². The van der Waals surface area contributed by atoms with Crippen LogP contribution in [0.25, 0.3) is 0 Å². The second kappa shape index (κ2) is 12.0. The molecule has 1 heteroatoms. The van der Waals surface area contributed by atoms with Crippen molar-refractivity contribution in [2.45, 2.75) is 89.9 Å². The predicted molar refractivity (Wildman–Crippen MR) is 69.7 cm³/mol. The third kappa shape index (κ3) is 10.2. The summed E-state index contributed by atoms with van der Waals surface area (Å²) in [6.45, 7) is 0. The van der Waals surface area contributed by atoms with Crippen molar-refractivity contribution in [3.63, 3.8) is 0 Å². The van der Waals surface area contributed by atoms with Gasteiger partial charge in [-0.1, -0.05) is 89.9 Å². The van der Waals surface area contributed by atoms with Crippen LogP contribution in [0.2, 0.25) is 0 Å². The van der Waals surface area contributed by atoms with Crippen molar-refractivity contribution in [3.05, 3.63) is 0 Å². The molecule has 1 aliphatic carbocycles. The summed E-state index contributed by atoms with van der Waals surface area (Å²) in [4.78, 5) is 0. The van der Waals surface area contributed by atoms with Gasteiger partial charge in [0.25, 0.3) is 0 Å². The van der Waals surface area contributed by atoms with Gasteiger partial charge in [0, 0.05) is 0 Å². The zero-order valence-electron chi connectivity index (χ0n) is 10.6. The summed E-state index contributed by atoms with van der Waals surface area (Å²) < 4.78 is 0. The van der Waals surface area contributed by atoms with Crippen LogP contribution in [0.3, 0.4) is 0 Å². The zero-order valence-corrected chi connectivity index (χ0v) is 10.6. The van der Waals surface area contributed by atoms with Crippen LogP contribution in [-0.4, -0.2) is 0 Å². The summed E-state index contributed by atoms with van der Waals surface area (Å²) in [7, 11) is 0. The molecular weight excluding hydrogens is 182 g/mol. The topological polar surface area (TPSA) is 35.0 Å². The minimum absolute atomic E-state index is 0. The molecule has 0 saturated heterocycles. The van der Waals surface area contributed by atoms with Gasteiger partial charge in [-0.15, -0.1) is 0 Å². The molecule has 0 unspecified atom stereocenters. The molecule has 92 valence electrons. The van der Waals surface area contributed by atoms with E-state index in [1.807, 2.05) is 0 Å². The van der Waals surface area contributed by atoms with Crippen molar-refractivity contribution in [3.8, 4) is 0 Å². The standard InChI is InChI=1S/C14H28.H3N/c1-2-4-6-8-10-12-14-13-11-9-7-5-3-1;/h1-14H2;1H3. The van der Waals surface area contributed by atoms with Crippen LogP contribution in [0.1, 0.15) is 89.9 Å². The number of rotatable bonds is 0. The van der Waals surface area contributed by atoms with Crippen LogP contribution >= 0.6 is 0 Å². The highest BCUT2D eigenvalue weighted by molar-refractivity contribution is 4.51. The van der Waals surface area contributed by atoms with E-state index in [9.17, 15) is 0 Å². The van der Waals surface area contributed by atoms with Gasteiger partial charge in [-0.05, 0) is 0 Å². The Labute approximate surface area is 96.6 Å². The van der Waals surface area contributed by atoms with E-state index in [4.69, 9.17) is 0 Å². The maximum absolute atomic E-state index is 1.50. The van der Waals surface area contributed by atoms with Gasteiger partial charge in [0.1, 0.15) is 0 Å². The van der Waals surface area contributed by atoms with Gasteiger partial charge >= 0.3 is 0 Å². The third-order valence-electron chi connectivity index (χ3n) is 3.50. The number of hydrogen-bond donors (Lipinski definition) is 1. The molecule has 0 aromatic carbocycles. The molecule has 0 bridgehead atoms. The minimum atomic E-state index is 0. The van der Waals surface area contributed by atoms with Crippen molar-refractivity contribution in [1.82, 2.24) is 6.15 Å². The fourth-order valence-electron chi connectivity index (χ4n) is 2.47. The SMILES string of the molecule is C1CCCCCCCCCCCCC1.N. The van der Waals surface area contributed by atoms with E-state index >= 15 is 0 Å². The van der Waals surface area contributed by atoms with Gasteiger partial charge in [-0.25, -0.2) is 0 Å². The monoisotopic (exact) mass is 213 g/mol. The van der Waals surface area contributed by atoms with E-state index in [0.717, 1.165) is 0 Å². The summed E-state index contributed by atoms with van der Waals surface area (Å²) in [5, 5.41) is 0. The Morgan fingerprint density at radius 3 is 0.333 bits per heavy atom. The third-order valence-corrected chi connectivity index (χ3v) is 3.50. The van der Waals surface area contributed by atoms with Crippen LogP contribution in [-0.2, 0) is 0 Å². The van der Waals surface area contributed by atoms with Gasteiger partial charge in [-0.2, -0.15) is 0 Å². The van der Waals surface area contributed by atoms with Crippen LogP contribution in [0, 0.1) is 0 Å². The van der Waals surface area contributed by atoms with Gasteiger partial charge in [0.2, 0.25) is 0 Å². The lowest BCUT2D eigenvalue weighted by molar-refractivity contribution is 0.504. The maximum Gasteiger partial charge on any atom is -0.0533 e. The van der Waals surface area contributed by atoms with Crippen molar-refractivity contribution >= 4 is 0 Å². The van der Waals surface area contributed by atoms with Crippen LogP contribution < -0.4 is 6.15 Å². The second-order valence-corrected chi connectivity index (χ2v) is 4.95. The van der Waals surface area contributed by atoms with Crippen molar-refractivity contribution < 1.29 is 0 Å². The quantitative estimate of drug-likeness (QED) is 0.556. The molecule has 15 heavy (non-hydrogen) atoms. The molecule has 0 amide bonds. The Hall–Kier alpha value is -0.0400. The highest BCUT2D eigenvalue weighted by Crippen LogP contribution is 2.16. The normalized spacial score (nSPS) is 22.4. The lowest BCUT2D eigenvalue weighted by Gasteiger charge is -2.05. The predicted octanol–water partition coefficient (Wildman–Crippen LogP) is 5.62. The molecule has 0 spiro atoms. The molecule has 0 aromatic rings. The zero-order chi connectivity index (χ0) is 9.90. The molecule has 0 aromatic heterocycles. The van der Waals surface area contributed by atoms with Crippen LogP contribution in [0.5, 0.6) is 0 Å². The van der Waals surface area contributed by atoms with E-state index < -0.39 is 0 Å². The first-order valence-corrected chi connectivity index (χ1v) is 7.00. The molecule has 0 atom stereocenters. The summed E-state index contributed by atoms with van der Waals surface area (Å²) in [5.74, 6) is 0. The first-order valence-electron chi connectivity index (χ1n) is 7.00. The Morgan fingerprint density at radius 2 is 0.267 bits per heavy atom. The van der Waals surface area contributed by atoms with Gasteiger partial charge in [0.15, 0.2) is 0 Å². The van der Waals surface area contributed by atoms with E-state index in [1.165, 1.54) is 89.9 Å². The minimum Gasteiger partial charge on any atom is -0.344 e. The highest BCUT2D eigenvalue weighted by Gasteiger charge is 1.96. The average molecular weight is 213 g/mol. The van der Waals surface area contributed by atoms with Crippen LogP contribution in [0.15, 0.2) is 0 Å². The summed E-state index contributed by atoms with van der Waals surface area (Å²) >= 11 is 0. The largest absolute Gasteiger partial charge is 0.344 e. The molecule has 1 rings (SSSR count). The Kier molecular flexibility index (Phi) is 12.0. The number of hydrogen-bond acceptors (Lipinski definition) is 1. The van der Waals surface area contributed by atoms with Gasteiger partial charge in [-0.3, -0.25) is 0 Å². The Balaban J connectivity index is 0.00000196. The Bertz CT molecular complexity index is 58.6. The van der Waals surface area contributed by atoms with Crippen molar-refractivity contribution in [1.29, 1.82) is 0 Å². The summed E-state index contributed by atoms with van der Waals surface area (Å²) in [5.41, 5.74) is 0. The molecule has 0 aliphatic heterocycles. The van der Waals surface area contributed by atoms with E-state index in [-0.39, 0.29) is 6.15 Å². The Morgan fingerprint density at radius 1 is 0.200 bits per heavy atom. The first-order chi connectivity index (χ1) is 7.00. The van der Waals surface area contributed by atoms with E-state index in [0.29, 0.717) is 0 Å². The smallest absolute Gasteiger partial charge is 0.0533 e. The van der Waals surface area contributed by atoms with Crippen molar-refractivity contribution in [2.24, 2.45) is 0 Å². The molecular formula is C14H31N. The van der Waals surface area contributed by atoms with Gasteiger partial charge < -0.3 is 6.15 Å². The highest BCUT2D eigenvalue weighted by atomic mass is 14.0. The molecule has 0 radical (unpaired) electrons. The van der Waals surface area contributed by atoms with E-state index in [2.05, 4.69) is 0 Å². The second-order valence-electron chi connectivity index (χ2n) is 4.95. The molecule has 0 heterocycles. The molecule has 1 fully saturated rings. The maximum atomic E-state index is 1.50. The lowest BCUT2D eigenvalue weighted by atomic mass is 10.0. The summed E-state index contributed by atoms with van der Waals surface area (Å²) in [6.07, 6.45) is 21.0. The summed E-state index contributed by atoms with van der Waals surface area (Å²) in [6, 6.07) is 0. The van der Waals surface area contributed by atoms with Gasteiger partial charge in [0.05, 0.1) is 0 Å². The fourth-order valence-corrected chi connectivity index (χ4v) is 2.47. The van der Waals surface area contributed by atoms with Crippen molar-refractivity contribution in [2.75, 3.05) is 0 Å². The average Bonchev–Trinajstić information content (AvgIpc) is 2.22. The molecule has 1 saturated carbocycles. The lowest BCUT2D eigenvalue weighted by Crippen LogP contribution is -1.85. The van der Waals surface area contributed by atoms with Crippen LogP contribution in [0.4, 0.5) is 0 Å². The molecule has 1 nitrogen and oxygen atoms in total. The molecule has 3 N–H and O–H groups in total.